The number of isocyanates is 1. The summed E-state index contributed by atoms with van der Waals surface area (Å²) in [6, 6.07) is 3.50. The second-order valence-corrected chi connectivity index (χ2v) is 3.63. The fourth-order valence-electron chi connectivity index (χ4n) is 1.64. The Morgan fingerprint density at radius 3 is 2.16 bits per heavy atom. The molecule has 1 amide bonds. The largest absolute Gasteiger partial charge is 0.493 e. The van der Waals surface area contributed by atoms with Crippen LogP contribution in [0.5, 0.6) is 17.2 Å². The zero-order chi connectivity index (χ0) is 14.3. The molecule has 1 aromatic carbocycles. The van der Waals surface area contributed by atoms with Crippen LogP contribution < -0.4 is 14.2 Å². The van der Waals surface area contributed by atoms with Crippen LogP contribution in [0, 0.1) is 0 Å². The van der Waals surface area contributed by atoms with Crippen molar-refractivity contribution in [2.24, 2.45) is 4.99 Å². The van der Waals surface area contributed by atoms with Crippen molar-refractivity contribution in [2.75, 3.05) is 21.3 Å². The third kappa shape index (κ3) is 3.82. The summed E-state index contributed by atoms with van der Waals surface area (Å²) in [5, 5.41) is 0. The van der Waals surface area contributed by atoms with Crippen molar-refractivity contribution in [1.82, 2.24) is 0 Å². The van der Waals surface area contributed by atoms with Crippen molar-refractivity contribution in [3.05, 3.63) is 17.7 Å². The van der Waals surface area contributed by atoms with E-state index in [1.165, 1.54) is 27.4 Å². The highest BCUT2D eigenvalue weighted by molar-refractivity contribution is 5.81. The molecule has 0 aliphatic carbocycles. The second kappa shape index (κ2) is 7.18. The van der Waals surface area contributed by atoms with Gasteiger partial charge in [0.1, 0.15) is 0 Å². The van der Waals surface area contributed by atoms with Gasteiger partial charge in [0.2, 0.25) is 11.8 Å². The number of aliphatic imine (C=N–C) groups is 1. The third-order valence-corrected chi connectivity index (χ3v) is 2.52. The molecule has 0 aliphatic heterocycles. The quantitative estimate of drug-likeness (QED) is 0.575. The van der Waals surface area contributed by atoms with Gasteiger partial charge in [0.05, 0.1) is 21.3 Å². The average Bonchev–Trinajstić information content (AvgIpc) is 2.44. The Hall–Kier alpha value is -2.33. The molecule has 19 heavy (non-hydrogen) atoms. The molecule has 0 unspecified atom stereocenters. The highest BCUT2D eigenvalue weighted by Gasteiger charge is 2.13. The van der Waals surface area contributed by atoms with E-state index in [4.69, 9.17) is 14.2 Å². The lowest BCUT2D eigenvalue weighted by Gasteiger charge is -2.13. The third-order valence-electron chi connectivity index (χ3n) is 2.52. The van der Waals surface area contributed by atoms with Crippen LogP contribution in [0.15, 0.2) is 17.1 Å². The molecule has 0 aliphatic rings. The minimum Gasteiger partial charge on any atom is -0.493 e. The van der Waals surface area contributed by atoms with Gasteiger partial charge < -0.3 is 14.2 Å². The Labute approximate surface area is 111 Å². The molecule has 0 atom stereocenters. The van der Waals surface area contributed by atoms with Crippen LogP contribution in [0.25, 0.3) is 0 Å². The van der Waals surface area contributed by atoms with Crippen LogP contribution in [-0.2, 0) is 16.0 Å². The maximum Gasteiger partial charge on any atom is 0.256 e. The predicted molar refractivity (Wildman–Crippen MR) is 67.5 cm³/mol. The first-order chi connectivity index (χ1) is 9.15. The summed E-state index contributed by atoms with van der Waals surface area (Å²) in [5.41, 5.74) is 0.823. The number of nitrogens with zero attached hydrogens (tertiary/aromatic N) is 1. The van der Waals surface area contributed by atoms with E-state index in [1.54, 1.807) is 12.1 Å². The van der Waals surface area contributed by atoms with Gasteiger partial charge in [0, 0.05) is 6.42 Å². The second-order valence-electron chi connectivity index (χ2n) is 3.63. The average molecular weight is 265 g/mol. The highest BCUT2D eigenvalue weighted by Crippen LogP contribution is 2.38. The fraction of sp³-hybridized carbons (Fsp3) is 0.385. The van der Waals surface area contributed by atoms with Gasteiger partial charge in [-0.05, 0) is 24.1 Å². The van der Waals surface area contributed by atoms with E-state index in [-0.39, 0.29) is 6.42 Å². The fourth-order valence-corrected chi connectivity index (χ4v) is 1.64. The van der Waals surface area contributed by atoms with Crippen molar-refractivity contribution in [3.8, 4) is 17.2 Å². The molecule has 0 radical (unpaired) electrons. The Kier molecular flexibility index (Phi) is 5.57. The van der Waals surface area contributed by atoms with Crippen molar-refractivity contribution in [2.45, 2.75) is 12.8 Å². The summed E-state index contributed by atoms with van der Waals surface area (Å²) in [7, 11) is 4.55. The summed E-state index contributed by atoms with van der Waals surface area (Å²) in [5.74, 6) is 1.01. The maximum absolute atomic E-state index is 11.1. The summed E-state index contributed by atoms with van der Waals surface area (Å²) in [4.78, 5) is 24.1. The van der Waals surface area contributed by atoms with E-state index >= 15 is 0 Å². The van der Waals surface area contributed by atoms with Crippen molar-refractivity contribution in [1.29, 1.82) is 0 Å². The topological polar surface area (TPSA) is 74.2 Å². The van der Waals surface area contributed by atoms with Crippen molar-refractivity contribution < 1.29 is 23.8 Å². The van der Waals surface area contributed by atoms with Crippen LogP contribution in [0.1, 0.15) is 12.0 Å². The molecule has 1 rings (SSSR count). The molecule has 6 heteroatoms. The summed E-state index contributed by atoms with van der Waals surface area (Å²) in [6.07, 6.45) is 1.76. The van der Waals surface area contributed by atoms with Gasteiger partial charge in [-0.2, -0.15) is 0 Å². The van der Waals surface area contributed by atoms with Crippen LogP contribution >= 0.6 is 0 Å². The van der Waals surface area contributed by atoms with E-state index in [2.05, 4.69) is 4.99 Å². The molecule has 0 saturated carbocycles. The summed E-state index contributed by atoms with van der Waals surface area (Å²) < 4.78 is 15.6. The molecule has 0 fully saturated rings. The first kappa shape index (κ1) is 14.7. The van der Waals surface area contributed by atoms with Gasteiger partial charge in [0.25, 0.3) is 5.91 Å². The van der Waals surface area contributed by atoms with Gasteiger partial charge in [-0.3, -0.25) is 4.79 Å². The molecular formula is C13H15NO5. The van der Waals surface area contributed by atoms with E-state index in [9.17, 15) is 9.59 Å². The van der Waals surface area contributed by atoms with Crippen LogP contribution in [-0.4, -0.2) is 33.3 Å². The Morgan fingerprint density at radius 1 is 1.16 bits per heavy atom. The molecule has 0 spiro atoms. The Bertz CT molecular complexity index is 481. The molecule has 0 saturated heterocycles. The van der Waals surface area contributed by atoms with Crippen LogP contribution in [0.2, 0.25) is 0 Å². The smallest absolute Gasteiger partial charge is 0.256 e. The predicted octanol–water partition coefficient (Wildman–Crippen LogP) is 1.51. The van der Waals surface area contributed by atoms with Gasteiger partial charge in [-0.15, -0.1) is 4.99 Å². The lowest BCUT2D eigenvalue weighted by Crippen LogP contribution is -1.99. The van der Waals surface area contributed by atoms with E-state index < -0.39 is 5.91 Å². The number of carbonyl (C=O) groups is 1. The number of carbonyl (C=O) groups excluding carboxylic acids is 2. The number of methoxy groups -OCH3 is 3. The van der Waals surface area contributed by atoms with E-state index in [0.29, 0.717) is 23.7 Å². The van der Waals surface area contributed by atoms with Crippen LogP contribution in [0.3, 0.4) is 0 Å². The number of hydrogen-bond donors (Lipinski definition) is 0. The lowest BCUT2D eigenvalue weighted by atomic mass is 10.1. The standard InChI is InChI=1S/C13H15NO5/c1-17-10-6-9(4-5-12(16)14-8-15)7-11(18-2)13(10)19-3/h6-7H,4-5H2,1-3H3. The zero-order valence-electron chi connectivity index (χ0n) is 11.1. The van der Waals surface area contributed by atoms with Gasteiger partial charge in [-0.1, -0.05) is 0 Å². The number of benzene rings is 1. The molecule has 6 nitrogen and oxygen atoms in total. The van der Waals surface area contributed by atoms with Gasteiger partial charge in [-0.25, -0.2) is 4.79 Å². The number of amides is 1. The monoisotopic (exact) mass is 265 g/mol. The first-order valence-corrected chi connectivity index (χ1v) is 5.55. The van der Waals surface area contributed by atoms with Gasteiger partial charge >= 0.3 is 0 Å². The number of aryl methyl sites for hydroxylation is 1. The molecule has 0 bridgehead atoms. The lowest BCUT2D eigenvalue weighted by molar-refractivity contribution is -0.117. The molecule has 0 N–H and O–H groups in total. The molecule has 102 valence electrons. The van der Waals surface area contributed by atoms with Crippen LogP contribution in [0.4, 0.5) is 0 Å². The zero-order valence-corrected chi connectivity index (χ0v) is 11.1. The minimum absolute atomic E-state index is 0.119. The molecule has 0 heterocycles. The Morgan fingerprint density at radius 2 is 1.74 bits per heavy atom. The minimum atomic E-state index is -0.510. The molecule has 1 aromatic rings. The van der Waals surface area contributed by atoms with Crippen molar-refractivity contribution >= 4 is 12.0 Å². The van der Waals surface area contributed by atoms with E-state index in [0.717, 1.165) is 5.56 Å². The highest BCUT2D eigenvalue weighted by atomic mass is 16.5. The number of ether oxygens (including phenoxy) is 3. The number of rotatable bonds is 6. The maximum atomic E-state index is 11.1. The first-order valence-electron chi connectivity index (χ1n) is 5.55. The molecule has 0 aromatic heterocycles. The van der Waals surface area contributed by atoms with Crippen molar-refractivity contribution in [3.63, 3.8) is 0 Å². The molecular weight excluding hydrogens is 250 g/mol. The normalized spacial score (nSPS) is 9.42. The summed E-state index contributed by atoms with van der Waals surface area (Å²) >= 11 is 0. The number of hydrogen-bond acceptors (Lipinski definition) is 5. The van der Waals surface area contributed by atoms with Gasteiger partial charge in [0.15, 0.2) is 11.5 Å². The summed E-state index contributed by atoms with van der Waals surface area (Å²) in [6.45, 7) is 0. The van der Waals surface area contributed by atoms with E-state index in [1.807, 2.05) is 0 Å². The Balaban J connectivity index is 2.96. The SMILES string of the molecule is COc1cc(CCC(=O)N=C=O)cc(OC)c1OC.